The Labute approximate surface area is 391 Å². The molecule has 7 rings (SSSR count). The number of rotatable bonds is 21. The lowest BCUT2D eigenvalue weighted by Crippen LogP contribution is -2.28. The predicted octanol–water partition coefficient (Wildman–Crippen LogP) is 9.82. The third-order valence-corrected chi connectivity index (χ3v) is 11.2. The van der Waals surface area contributed by atoms with Crippen LogP contribution in [0.3, 0.4) is 0 Å². The number of hydrogen-bond acceptors (Lipinski definition) is 11. The maximum absolute atomic E-state index is 14.7. The minimum absolute atomic E-state index is 0.00586. The molecule has 13 heteroatoms. The Balaban J connectivity index is 0.000000224. The van der Waals surface area contributed by atoms with E-state index in [1.807, 2.05) is 73.7 Å². The Morgan fingerprint density at radius 3 is 2.06 bits per heavy atom. The number of carbonyl (C=O) groups excluding carboxylic acids is 2. The fourth-order valence-corrected chi connectivity index (χ4v) is 7.56. The van der Waals surface area contributed by atoms with Gasteiger partial charge in [-0.3, -0.25) is 4.79 Å². The van der Waals surface area contributed by atoms with Gasteiger partial charge in [0.25, 0.3) is 0 Å². The molecule has 0 radical (unpaired) electrons. The Bertz CT molecular complexity index is 2610. The van der Waals surface area contributed by atoms with Crippen LogP contribution < -0.4 is 34.3 Å². The average Bonchev–Trinajstić information content (AvgIpc) is 3.32. The fourth-order valence-electron chi connectivity index (χ4n) is 7.56. The van der Waals surface area contributed by atoms with Crippen LogP contribution in [0.4, 0.5) is 8.78 Å². The number of nitrogens with one attached hydrogen (secondary N) is 2. The number of carbonyl (C=O) groups is 2. The number of benzene rings is 5. The molecular formula is C54H59F2N3O8. The molecule has 0 saturated carbocycles. The van der Waals surface area contributed by atoms with Gasteiger partial charge in [-0.2, -0.15) is 4.98 Å². The van der Waals surface area contributed by atoms with E-state index in [1.54, 1.807) is 14.0 Å². The SMILES string of the molecule is CC(=O)C[C@H](O)CNCc1cc(F)c(OCc2cccc(-c3ccc4c(c3)OCCO4)c2C)cc1F.COc1nc(OCc2cccc(-c3ccccc3)c2C)ccc1CNCCCC(C)=O. The zero-order valence-electron chi connectivity index (χ0n) is 38.8. The highest BCUT2D eigenvalue weighted by Gasteiger charge is 2.17. The molecule has 1 aliphatic rings. The quantitative estimate of drug-likeness (QED) is 0.0596. The number of Topliss-reactive ketones (excluding diaryl/α,β-unsaturated/α-hetero) is 2. The number of pyridine rings is 1. The van der Waals surface area contributed by atoms with Crippen molar-refractivity contribution in [2.75, 3.05) is 33.4 Å². The van der Waals surface area contributed by atoms with Crippen molar-refractivity contribution >= 4 is 11.6 Å². The third-order valence-electron chi connectivity index (χ3n) is 11.2. The van der Waals surface area contributed by atoms with Crippen molar-refractivity contribution in [2.45, 2.75) is 79.4 Å². The number of hydrogen-bond donors (Lipinski definition) is 3. The van der Waals surface area contributed by atoms with Crippen LogP contribution in [0.15, 0.2) is 109 Å². The van der Waals surface area contributed by atoms with E-state index in [2.05, 4.69) is 52.9 Å². The molecule has 1 aliphatic heterocycles. The van der Waals surface area contributed by atoms with Crippen molar-refractivity contribution in [3.63, 3.8) is 0 Å². The molecule has 1 atom stereocenters. The molecule has 0 aliphatic carbocycles. The van der Waals surface area contributed by atoms with Gasteiger partial charge in [-0.05, 0) is 109 Å². The summed E-state index contributed by atoms with van der Waals surface area (Å²) in [6, 6.07) is 34.1. The average molecular weight is 916 g/mol. The van der Waals surface area contributed by atoms with Crippen LogP contribution in [0.25, 0.3) is 22.3 Å². The molecule has 3 N–H and O–H groups in total. The van der Waals surface area contributed by atoms with E-state index in [1.165, 1.54) is 23.6 Å². The van der Waals surface area contributed by atoms with Gasteiger partial charge in [0.05, 0.1) is 13.2 Å². The summed E-state index contributed by atoms with van der Waals surface area (Å²) < 4.78 is 57.6. The Morgan fingerprint density at radius 1 is 0.701 bits per heavy atom. The summed E-state index contributed by atoms with van der Waals surface area (Å²) >= 11 is 0. The van der Waals surface area contributed by atoms with E-state index in [4.69, 9.17) is 23.7 Å². The first-order valence-corrected chi connectivity index (χ1v) is 22.4. The van der Waals surface area contributed by atoms with Crippen LogP contribution in [0.2, 0.25) is 0 Å². The first kappa shape index (κ1) is 49.8. The lowest BCUT2D eigenvalue weighted by atomic mass is 9.96. The van der Waals surface area contributed by atoms with Gasteiger partial charge in [-0.25, -0.2) is 8.78 Å². The minimum Gasteiger partial charge on any atom is -0.486 e. The summed E-state index contributed by atoms with van der Waals surface area (Å²) in [5.41, 5.74) is 9.53. The minimum atomic E-state index is -0.876. The number of methoxy groups -OCH3 is 1. The second-order valence-corrected chi connectivity index (χ2v) is 16.3. The molecule has 0 saturated heterocycles. The molecule has 67 heavy (non-hydrogen) atoms. The van der Waals surface area contributed by atoms with Crippen molar-refractivity contribution in [3.05, 3.63) is 154 Å². The number of aromatic nitrogens is 1. The number of ketones is 2. The van der Waals surface area contributed by atoms with Crippen LogP contribution in [-0.4, -0.2) is 61.2 Å². The molecule has 0 bridgehead atoms. The molecule has 1 aromatic heterocycles. The fraction of sp³-hybridized carbons (Fsp3) is 0.315. The van der Waals surface area contributed by atoms with Crippen LogP contribution in [0.5, 0.6) is 29.0 Å². The lowest BCUT2D eigenvalue weighted by Gasteiger charge is -2.20. The highest BCUT2D eigenvalue weighted by atomic mass is 19.1. The van der Waals surface area contributed by atoms with Crippen molar-refractivity contribution in [1.29, 1.82) is 0 Å². The van der Waals surface area contributed by atoms with Gasteiger partial charge < -0.3 is 44.2 Å². The van der Waals surface area contributed by atoms with Gasteiger partial charge in [0, 0.05) is 55.7 Å². The summed E-state index contributed by atoms with van der Waals surface area (Å²) in [6.45, 7) is 10.1. The van der Waals surface area contributed by atoms with E-state index in [9.17, 15) is 23.5 Å². The molecule has 2 heterocycles. The zero-order valence-corrected chi connectivity index (χ0v) is 38.8. The first-order chi connectivity index (χ1) is 32.4. The Kier molecular flexibility index (Phi) is 18.4. The van der Waals surface area contributed by atoms with E-state index in [0.717, 1.165) is 58.5 Å². The van der Waals surface area contributed by atoms with Gasteiger partial charge in [0.15, 0.2) is 23.1 Å². The molecule has 0 spiro atoms. The summed E-state index contributed by atoms with van der Waals surface area (Å²) in [5.74, 6) is 1.07. The predicted molar refractivity (Wildman–Crippen MR) is 255 cm³/mol. The van der Waals surface area contributed by atoms with Crippen LogP contribution in [0, 0.1) is 25.5 Å². The van der Waals surface area contributed by atoms with Crippen LogP contribution >= 0.6 is 0 Å². The standard InChI is InChI=1S/C28H29F2NO5.C26H30N2O3/c1-17(32)10-22(33)15-31-14-21-11-25(30)27(13-24(21)29)36-16-20-4-3-5-23(18(20)2)19-6-7-26-28(12-19)35-9-8-34-26;1-19(29)9-8-16-27-17-22-14-15-25(28-26(22)30-3)31-18-23-12-7-13-24(20(23)2)21-10-5-4-6-11-21/h3-7,11-13,22,31,33H,8-10,14-16H2,1-2H3;4-7,10-15,27H,8-9,16-18H2,1-3H3/t22-;/m0./s1. The van der Waals surface area contributed by atoms with E-state index in [0.29, 0.717) is 56.0 Å². The smallest absolute Gasteiger partial charge is 0.220 e. The van der Waals surface area contributed by atoms with Crippen LogP contribution in [0.1, 0.15) is 66.5 Å². The maximum atomic E-state index is 14.7. The van der Waals surface area contributed by atoms with Gasteiger partial charge in [-0.1, -0.05) is 72.8 Å². The lowest BCUT2D eigenvalue weighted by molar-refractivity contribution is -0.119. The molecule has 0 unspecified atom stereocenters. The summed E-state index contributed by atoms with van der Waals surface area (Å²) in [4.78, 5) is 26.6. The third kappa shape index (κ3) is 14.4. The number of halogens is 2. The number of aliphatic hydroxyl groups excluding tert-OH is 1. The number of aliphatic hydroxyl groups is 1. The number of nitrogens with zero attached hydrogens (tertiary/aromatic N) is 1. The Morgan fingerprint density at radius 2 is 1.37 bits per heavy atom. The molecule has 5 aromatic carbocycles. The van der Waals surface area contributed by atoms with Gasteiger partial charge in [0.2, 0.25) is 11.8 Å². The summed E-state index contributed by atoms with van der Waals surface area (Å²) in [7, 11) is 1.61. The maximum Gasteiger partial charge on any atom is 0.220 e. The first-order valence-electron chi connectivity index (χ1n) is 22.4. The molecular weight excluding hydrogens is 857 g/mol. The zero-order chi connectivity index (χ0) is 47.7. The molecule has 352 valence electrons. The van der Waals surface area contributed by atoms with Crippen molar-refractivity contribution < 1.29 is 47.2 Å². The molecule has 6 aromatic rings. The molecule has 0 fully saturated rings. The highest BCUT2D eigenvalue weighted by Crippen LogP contribution is 2.36. The molecule has 11 nitrogen and oxygen atoms in total. The van der Waals surface area contributed by atoms with E-state index < -0.39 is 17.7 Å². The normalized spacial score (nSPS) is 12.1. The Hall–Kier alpha value is -6.67. The monoisotopic (exact) mass is 915 g/mol. The van der Waals surface area contributed by atoms with Gasteiger partial charge in [0.1, 0.15) is 43.8 Å². The van der Waals surface area contributed by atoms with Crippen LogP contribution in [-0.2, 0) is 35.9 Å². The highest BCUT2D eigenvalue weighted by molar-refractivity contribution is 5.76. The van der Waals surface area contributed by atoms with Crippen molar-refractivity contribution in [2.24, 2.45) is 0 Å². The summed E-state index contributed by atoms with van der Waals surface area (Å²) in [5, 5.41) is 15.9. The van der Waals surface area contributed by atoms with E-state index in [-0.39, 0.29) is 49.0 Å². The van der Waals surface area contributed by atoms with E-state index >= 15 is 0 Å². The molecule has 0 amide bonds. The number of fused-ring (bicyclic) bond motifs is 1. The van der Waals surface area contributed by atoms with Crippen molar-refractivity contribution in [1.82, 2.24) is 15.6 Å². The van der Waals surface area contributed by atoms with Gasteiger partial charge >= 0.3 is 0 Å². The topological polar surface area (TPSA) is 137 Å². The van der Waals surface area contributed by atoms with Gasteiger partial charge in [-0.15, -0.1) is 0 Å². The second-order valence-electron chi connectivity index (χ2n) is 16.3. The largest absolute Gasteiger partial charge is 0.486 e. The number of ether oxygens (including phenoxy) is 5. The second kappa shape index (κ2) is 24.7. The van der Waals surface area contributed by atoms with Crippen molar-refractivity contribution in [3.8, 4) is 51.3 Å². The summed E-state index contributed by atoms with van der Waals surface area (Å²) in [6.07, 6.45) is 0.554.